The molecule has 29 heavy (non-hydrogen) atoms. The smallest absolute Gasteiger partial charge is 0.239 e. The van der Waals surface area contributed by atoms with Crippen molar-refractivity contribution in [1.29, 1.82) is 0 Å². The van der Waals surface area contributed by atoms with Crippen molar-refractivity contribution in [1.82, 2.24) is 15.1 Å². The summed E-state index contributed by atoms with van der Waals surface area (Å²) in [4.78, 5) is 17.4. The molecule has 2 atom stereocenters. The Bertz CT molecular complexity index is 777. The van der Waals surface area contributed by atoms with Gasteiger partial charge in [0.25, 0.3) is 0 Å². The molecule has 5 heteroatoms. The first-order chi connectivity index (χ1) is 14.1. The normalized spacial score (nSPS) is 19.3. The first-order valence-electron chi connectivity index (χ1n) is 10.6. The van der Waals surface area contributed by atoms with E-state index in [1.807, 2.05) is 23.1 Å². The number of hydrogen-bond donors (Lipinski definition) is 1. The highest BCUT2D eigenvalue weighted by atomic mass is 16.5. The number of methoxy groups -OCH3 is 1. The fourth-order valence-electron chi connectivity index (χ4n) is 4.09. The summed E-state index contributed by atoms with van der Waals surface area (Å²) < 4.78 is 5.32. The molecule has 0 aromatic heterocycles. The predicted octanol–water partition coefficient (Wildman–Crippen LogP) is 3.30. The number of amides is 1. The molecule has 0 spiro atoms. The number of carbonyl (C=O) groups excluding carboxylic acids is 1. The molecule has 0 aliphatic carbocycles. The van der Waals surface area contributed by atoms with Crippen molar-refractivity contribution in [2.24, 2.45) is 0 Å². The minimum atomic E-state index is -0.0714. The topological polar surface area (TPSA) is 44.8 Å². The maximum absolute atomic E-state index is 13.2. The summed E-state index contributed by atoms with van der Waals surface area (Å²) >= 11 is 0. The van der Waals surface area contributed by atoms with Gasteiger partial charge in [-0.2, -0.15) is 0 Å². The number of likely N-dealkylation sites (N-methyl/N-ethyl adjacent to an activating group) is 1. The molecule has 0 unspecified atom stereocenters. The predicted molar refractivity (Wildman–Crippen MR) is 117 cm³/mol. The van der Waals surface area contributed by atoms with E-state index in [9.17, 15) is 4.79 Å². The average Bonchev–Trinajstić information content (AvgIpc) is 3.16. The Morgan fingerprint density at radius 3 is 2.52 bits per heavy atom. The molecule has 0 saturated carbocycles. The largest absolute Gasteiger partial charge is 0.497 e. The molecule has 1 aliphatic heterocycles. The van der Waals surface area contributed by atoms with Gasteiger partial charge >= 0.3 is 0 Å². The van der Waals surface area contributed by atoms with Gasteiger partial charge in [0, 0.05) is 38.8 Å². The van der Waals surface area contributed by atoms with Gasteiger partial charge in [-0.15, -0.1) is 0 Å². The van der Waals surface area contributed by atoms with Gasteiger partial charge in [0.2, 0.25) is 5.91 Å². The molecular weight excluding hydrogens is 362 g/mol. The van der Waals surface area contributed by atoms with Crippen LogP contribution in [0.1, 0.15) is 31.4 Å². The van der Waals surface area contributed by atoms with E-state index in [1.165, 1.54) is 11.1 Å². The number of carbonyl (C=O) groups is 1. The van der Waals surface area contributed by atoms with Gasteiger partial charge in [0.1, 0.15) is 5.75 Å². The van der Waals surface area contributed by atoms with E-state index in [1.54, 1.807) is 7.11 Å². The van der Waals surface area contributed by atoms with Crippen molar-refractivity contribution in [3.05, 3.63) is 65.7 Å². The first-order valence-corrected chi connectivity index (χ1v) is 10.6. The molecule has 1 N–H and O–H groups in total. The van der Waals surface area contributed by atoms with Crippen molar-refractivity contribution in [2.45, 2.75) is 45.4 Å². The van der Waals surface area contributed by atoms with Crippen LogP contribution in [0.3, 0.4) is 0 Å². The molecule has 156 valence electrons. The van der Waals surface area contributed by atoms with Crippen LogP contribution in [0.5, 0.6) is 5.75 Å². The van der Waals surface area contributed by atoms with Crippen LogP contribution in [0.2, 0.25) is 0 Å². The van der Waals surface area contributed by atoms with E-state index in [-0.39, 0.29) is 18.0 Å². The third-order valence-electron chi connectivity index (χ3n) is 5.72. The van der Waals surface area contributed by atoms with Gasteiger partial charge < -0.3 is 15.0 Å². The lowest BCUT2D eigenvalue weighted by Gasteiger charge is -2.28. The maximum Gasteiger partial charge on any atom is 0.239 e. The number of rotatable bonds is 9. The summed E-state index contributed by atoms with van der Waals surface area (Å²) in [6.45, 7) is 8.06. The number of hydrogen-bond acceptors (Lipinski definition) is 4. The third kappa shape index (κ3) is 5.58. The van der Waals surface area contributed by atoms with Gasteiger partial charge in [-0.25, -0.2) is 0 Å². The van der Waals surface area contributed by atoms with Crippen molar-refractivity contribution in [2.75, 3.05) is 26.7 Å². The van der Waals surface area contributed by atoms with Crippen LogP contribution in [-0.2, 0) is 17.9 Å². The Hall–Kier alpha value is -2.37. The van der Waals surface area contributed by atoms with Gasteiger partial charge in [0.05, 0.1) is 13.2 Å². The summed E-state index contributed by atoms with van der Waals surface area (Å²) in [6, 6.07) is 18.8. The van der Waals surface area contributed by atoms with E-state index in [4.69, 9.17) is 4.74 Å². The highest BCUT2D eigenvalue weighted by molar-refractivity contribution is 5.82. The highest BCUT2D eigenvalue weighted by Crippen LogP contribution is 2.23. The molecule has 1 amide bonds. The zero-order chi connectivity index (χ0) is 20.6. The maximum atomic E-state index is 13.2. The molecule has 1 fully saturated rings. The second-order valence-corrected chi connectivity index (χ2v) is 7.61. The standard InChI is InChI=1S/C24H33N3O2/c1-4-26(5-2)24(28)23-15-21(18-27(23)17-19-10-7-6-8-11-19)25-16-20-12-9-13-22(14-20)29-3/h6-14,21,23,25H,4-5,15-18H2,1-3H3/t21-,23+/m1/s1. The van der Waals surface area contributed by atoms with Crippen molar-refractivity contribution in [3.8, 4) is 5.75 Å². The highest BCUT2D eigenvalue weighted by Gasteiger charge is 2.38. The second kappa shape index (κ2) is 10.4. The van der Waals surface area contributed by atoms with E-state index in [0.29, 0.717) is 0 Å². The molecule has 3 rings (SSSR count). The van der Waals surface area contributed by atoms with Crippen LogP contribution in [0.15, 0.2) is 54.6 Å². The van der Waals surface area contributed by atoms with E-state index in [0.717, 1.165) is 44.9 Å². The summed E-state index contributed by atoms with van der Waals surface area (Å²) in [5.41, 5.74) is 2.44. The van der Waals surface area contributed by atoms with Crippen molar-refractivity contribution in [3.63, 3.8) is 0 Å². The quantitative estimate of drug-likeness (QED) is 0.708. The van der Waals surface area contributed by atoms with Crippen LogP contribution >= 0.6 is 0 Å². The molecule has 0 radical (unpaired) electrons. The van der Waals surface area contributed by atoms with Crippen molar-refractivity contribution >= 4 is 5.91 Å². The van der Waals surface area contributed by atoms with Crippen LogP contribution in [-0.4, -0.2) is 54.5 Å². The minimum Gasteiger partial charge on any atom is -0.497 e. The molecule has 1 heterocycles. The lowest BCUT2D eigenvalue weighted by molar-refractivity contribution is -0.135. The molecule has 0 bridgehead atoms. The van der Waals surface area contributed by atoms with Gasteiger partial charge in [-0.1, -0.05) is 42.5 Å². The molecular formula is C24H33N3O2. The van der Waals surface area contributed by atoms with E-state index < -0.39 is 0 Å². The lowest BCUT2D eigenvalue weighted by Crippen LogP contribution is -2.45. The molecule has 2 aromatic rings. The summed E-state index contributed by atoms with van der Waals surface area (Å²) in [5, 5.41) is 3.66. The Labute approximate surface area is 174 Å². The van der Waals surface area contributed by atoms with Gasteiger partial charge in [-0.05, 0) is 43.5 Å². The van der Waals surface area contributed by atoms with Crippen LogP contribution in [0.25, 0.3) is 0 Å². The van der Waals surface area contributed by atoms with Crippen LogP contribution < -0.4 is 10.1 Å². The molecule has 1 saturated heterocycles. The number of likely N-dealkylation sites (tertiary alicyclic amines) is 1. The molecule has 2 aromatic carbocycles. The zero-order valence-corrected chi connectivity index (χ0v) is 17.8. The van der Waals surface area contributed by atoms with Gasteiger partial charge in [0.15, 0.2) is 0 Å². The Morgan fingerprint density at radius 2 is 1.83 bits per heavy atom. The number of benzene rings is 2. The fourth-order valence-corrected chi connectivity index (χ4v) is 4.09. The summed E-state index contributed by atoms with van der Waals surface area (Å²) in [5.74, 6) is 1.12. The Balaban J connectivity index is 1.68. The van der Waals surface area contributed by atoms with Crippen LogP contribution in [0.4, 0.5) is 0 Å². The summed E-state index contributed by atoms with van der Waals surface area (Å²) in [6.07, 6.45) is 0.839. The van der Waals surface area contributed by atoms with Crippen molar-refractivity contribution < 1.29 is 9.53 Å². The monoisotopic (exact) mass is 395 g/mol. The average molecular weight is 396 g/mol. The molecule has 1 aliphatic rings. The first kappa shape index (κ1) is 21.3. The Kier molecular flexibility index (Phi) is 7.67. The molecule has 5 nitrogen and oxygen atoms in total. The summed E-state index contributed by atoms with van der Waals surface area (Å²) in [7, 11) is 1.69. The number of nitrogens with zero attached hydrogens (tertiary/aromatic N) is 2. The zero-order valence-electron chi connectivity index (χ0n) is 17.8. The Morgan fingerprint density at radius 1 is 1.10 bits per heavy atom. The fraction of sp³-hybridized carbons (Fsp3) is 0.458. The number of ether oxygens (including phenoxy) is 1. The second-order valence-electron chi connectivity index (χ2n) is 7.61. The van der Waals surface area contributed by atoms with Gasteiger partial charge in [-0.3, -0.25) is 9.69 Å². The number of nitrogens with one attached hydrogen (secondary N) is 1. The van der Waals surface area contributed by atoms with E-state index in [2.05, 4.69) is 60.5 Å². The lowest BCUT2D eigenvalue weighted by atomic mass is 10.1. The van der Waals surface area contributed by atoms with Crippen LogP contribution in [0, 0.1) is 0 Å². The third-order valence-corrected chi connectivity index (χ3v) is 5.72. The SMILES string of the molecule is CCN(CC)C(=O)[C@@H]1C[C@@H](NCc2cccc(OC)c2)CN1Cc1ccccc1. The van der Waals surface area contributed by atoms with E-state index >= 15 is 0 Å². The minimum absolute atomic E-state index is 0.0714.